The maximum Gasteiger partial charge on any atom is 0.187 e. The zero-order chi connectivity index (χ0) is 33.3. The average molecular weight is 667 g/mol. The number of rotatable bonds is 10. The van der Waals surface area contributed by atoms with Crippen LogP contribution in [0.3, 0.4) is 0 Å². The van der Waals surface area contributed by atoms with Crippen molar-refractivity contribution in [3.8, 4) is 0 Å². The van der Waals surface area contributed by atoms with Crippen molar-refractivity contribution in [3.63, 3.8) is 0 Å². The molecule has 0 bridgehead atoms. The fraction of sp³-hybridized carbons (Fsp3) is 1.00. The Hall–Kier alpha value is -0.840. The topological polar surface area (TPSA) is 348 Å². The highest BCUT2D eigenvalue weighted by Gasteiger charge is 2.52. The first-order valence-electron chi connectivity index (χ1n) is 14.1. The van der Waals surface area contributed by atoms with Gasteiger partial charge in [-0.1, -0.05) is 0 Å². The monoisotopic (exact) mass is 666 g/mol. The van der Waals surface area contributed by atoms with Crippen molar-refractivity contribution in [3.05, 3.63) is 0 Å². The molecule has 4 heterocycles. The van der Waals surface area contributed by atoms with E-state index in [4.69, 9.17) is 33.2 Å². The maximum absolute atomic E-state index is 10.6. The van der Waals surface area contributed by atoms with Crippen molar-refractivity contribution >= 4 is 0 Å². The lowest BCUT2D eigenvalue weighted by Crippen LogP contribution is -2.65. The van der Waals surface area contributed by atoms with Crippen LogP contribution in [0.25, 0.3) is 0 Å². The summed E-state index contributed by atoms with van der Waals surface area (Å²) in [6.07, 6.45) is -34.8. The molecule has 0 aromatic rings. The molecule has 0 radical (unpaired) electrons. The summed E-state index contributed by atoms with van der Waals surface area (Å²) >= 11 is 0. The molecule has 0 aromatic heterocycles. The Bertz CT molecular complexity index is 914. The van der Waals surface area contributed by atoms with Gasteiger partial charge in [0.05, 0.1) is 26.4 Å². The molecular formula is C24H42O21. The molecule has 4 aliphatic heterocycles. The summed E-state index contributed by atoms with van der Waals surface area (Å²) in [5, 5.41) is 141. The van der Waals surface area contributed by atoms with Gasteiger partial charge in [0.25, 0.3) is 0 Å². The second-order valence-electron chi connectivity index (χ2n) is 11.2. The van der Waals surface area contributed by atoms with Gasteiger partial charge in [-0.15, -0.1) is 0 Å². The zero-order valence-corrected chi connectivity index (χ0v) is 23.5. The van der Waals surface area contributed by atoms with Crippen LogP contribution in [0.2, 0.25) is 0 Å². The fourth-order valence-electron chi connectivity index (χ4n) is 5.33. The van der Waals surface area contributed by atoms with Gasteiger partial charge in [-0.25, -0.2) is 0 Å². The molecule has 21 nitrogen and oxygen atoms in total. The fourth-order valence-corrected chi connectivity index (χ4v) is 5.33. The minimum Gasteiger partial charge on any atom is -0.394 e. The van der Waals surface area contributed by atoms with Gasteiger partial charge in [-0.05, 0) is 0 Å². The van der Waals surface area contributed by atoms with Crippen molar-refractivity contribution in [1.29, 1.82) is 0 Å². The lowest BCUT2D eigenvalue weighted by atomic mass is 9.97. The van der Waals surface area contributed by atoms with Gasteiger partial charge in [0.1, 0.15) is 97.7 Å². The van der Waals surface area contributed by atoms with Crippen LogP contribution in [-0.2, 0) is 33.2 Å². The second kappa shape index (κ2) is 15.6. The molecule has 4 saturated heterocycles. The predicted molar refractivity (Wildman–Crippen MR) is 134 cm³/mol. The van der Waals surface area contributed by atoms with E-state index >= 15 is 0 Å². The van der Waals surface area contributed by atoms with Crippen LogP contribution in [0.5, 0.6) is 0 Å². The molecule has 21 heteroatoms. The Labute approximate surface area is 254 Å². The van der Waals surface area contributed by atoms with Crippen molar-refractivity contribution in [1.82, 2.24) is 0 Å². The Balaban J connectivity index is 1.41. The van der Waals surface area contributed by atoms with Crippen LogP contribution < -0.4 is 0 Å². The first kappa shape index (κ1) is 37.0. The summed E-state index contributed by atoms with van der Waals surface area (Å²) < 4.78 is 37.6. The second-order valence-corrected chi connectivity index (χ2v) is 11.2. The van der Waals surface area contributed by atoms with Gasteiger partial charge in [-0.2, -0.15) is 0 Å². The SMILES string of the molecule is OC[C@H]1OC(OC[C@H]2OC(OC[C@H]3OC(O)[C@H](O)[C@@H](O)[C@H]3OC3O[C@H](CO)[C@@H](O)[C@H](O)[C@H]3O)[C@H](O)[C@@H](O)[C@H]2O)[C@H](O)[C@@H](O)[C@H]1O. The highest BCUT2D eigenvalue weighted by atomic mass is 16.8. The molecular weight excluding hydrogens is 624 g/mol. The summed E-state index contributed by atoms with van der Waals surface area (Å²) in [4.78, 5) is 0. The van der Waals surface area contributed by atoms with E-state index in [9.17, 15) is 71.5 Å². The van der Waals surface area contributed by atoms with Gasteiger partial charge in [0.15, 0.2) is 25.2 Å². The van der Waals surface area contributed by atoms with Crippen LogP contribution in [0, 0.1) is 0 Å². The molecule has 45 heavy (non-hydrogen) atoms. The van der Waals surface area contributed by atoms with E-state index in [0.29, 0.717) is 0 Å². The minimum atomic E-state index is -1.99. The Morgan fingerprint density at radius 2 is 0.778 bits per heavy atom. The normalized spacial score (nSPS) is 52.9. The van der Waals surface area contributed by atoms with Gasteiger partial charge < -0.3 is 105 Å². The molecule has 4 aliphatic rings. The first-order valence-corrected chi connectivity index (χ1v) is 14.1. The molecule has 14 N–H and O–H groups in total. The molecule has 4 rings (SSSR count). The van der Waals surface area contributed by atoms with Crippen LogP contribution in [0.4, 0.5) is 0 Å². The summed E-state index contributed by atoms with van der Waals surface area (Å²) in [5.74, 6) is 0. The quantitative estimate of drug-likeness (QED) is 0.103. The molecule has 0 saturated carbocycles. The van der Waals surface area contributed by atoms with E-state index in [1.807, 2.05) is 0 Å². The molecule has 0 aromatic carbocycles. The largest absolute Gasteiger partial charge is 0.394 e. The minimum absolute atomic E-state index is 0.653. The number of ether oxygens (including phenoxy) is 7. The van der Waals surface area contributed by atoms with E-state index in [-0.39, 0.29) is 0 Å². The van der Waals surface area contributed by atoms with E-state index in [1.54, 1.807) is 0 Å². The first-order chi connectivity index (χ1) is 21.2. The van der Waals surface area contributed by atoms with E-state index in [2.05, 4.69) is 0 Å². The third-order valence-electron chi connectivity index (χ3n) is 8.17. The summed E-state index contributed by atoms with van der Waals surface area (Å²) in [5.41, 5.74) is 0. The molecule has 4 fully saturated rings. The summed E-state index contributed by atoms with van der Waals surface area (Å²) in [6, 6.07) is 0. The van der Waals surface area contributed by atoms with Crippen LogP contribution in [0.1, 0.15) is 0 Å². The van der Waals surface area contributed by atoms with Gasteiger partial charge in [0.2, 0.25) is 0 Å². The maximum atomic E-state index is 10.6. The molecule has 264 valence electrons. The van der Waals surface area contributed by atoms with Crippen molar-refractivity contribution in [2.24, 2.45) is 0 Å². The number of aliphatic hydroxyl groups excluding tert-OH is 14. The number of hydrogen-bond acceptors (Lipinski definition) is 21. The van der Waals surface area contributed by atoms with Crippen LogP contribution in [0.15, 0.2) is 0 Å². The third kappa shape index (κ3) is 7.75. The average Bonchev–Trinajstić information content (AvgIpc) is 3.02. The van der Waals surface area contributed by atoms with E-state index in [1.165, 1.54) is 0 Å². The smallest absolute Gasteiger partial charge is 0.187 e. The summed E-state index contributed by atoms with van der Waals surface area (Å²) in [6.45, 7) is -2.92. The van der Waals surface area contributed by atoms with E-state index in [0.717, 1.165) is 0 Å². The van der Waals surface area contributed by atoms with Gasteiger partial charge in [-0.3, -0.25) is 0 Å². The highest BCUT2D eigenvalue weighted by molar-refractivity contribution is 4.95. The molecule has 20 atom stereocenters. The van der Waals surface area contributed by atoms with Crippen molar-refractivity contribution < 1.29 is 105 Å². The standard InChI is InChI=1S/C24H42O21/c25-1-5-9(27)12(30)17(35)22(42-5)39-3-7-11(29)14(32)18(36)23(44-7)40-4-8-20(15(33)16(34)21(38)41-8)45-24-19(37)13(31)10(28)6(2-26)43-24/h5-38H,1-4H2/t5-,6-,7-,8-,9+,10-,11+,12+,13+,14+,15-,16-,17-,18-,19-,20+,21?,22?,23?,24?/m1/s1. The number of hydrogen-bond donors (Lipinski definition) is 14. The lowest BCUT2D eigenvalue weighted by molar-refractivity contribution is -0.364. The third-order valence-corrected chi connectivity index (χ3v) is 8.17. The molecule has 0 amide bonds. The van der Waals surface area contributed by atoms with Gasteiger partial charge in [0, 0.05) is 0 Å². The molecule has 0 spiro atoms. The van der Waals surface area contributed by atoms with Crippen molar-refractivity contribution in [2.75, 3.05) is 26.4 Å². The van der Waals surface area contributed by atoms with Crippen LogP contribution in [-0.4, -0.2) is 221 Å². The number of aliphatic hydroxyl groups is 14. The Morgan fingerprint density at radius 3 is 1.27 bits per heavy atom. The Morgan fingerprint density at radius 1 is 0.378 bits per heavy atom. The predicted octanol–water partition coefficient (Wildman–Crippen LogP) is -9.75. The molecule has 4 unspecified atom stereocenters. The lowest BCUT2D eigenvalue weighted by Gasteiger charge is -2.46. The van der Waals surface area contributed by atoms with E-state index < -0.39 is 149 Å². The van der Waals surface area contributed by atoms with Gasteiger partial charge >= 0.3 is 0 Å². The zero-order valence-electron chi connectivity index (χ0n) is 23.5. The Kier molecular flexibility index (Phi) is 12.8. The molecule has 0 aliphatic carbocycles. The van der Waals surface area contributed by atoms with Crippen molar-refractivity contribution in [2.45, 2.75) is 123 Å². The van der Waals surface area contributed by atoms with Crippen LogP contribution >= 0.6 is 0 Å². The highest BCUT2D eigenvalue weighted by Crippen LogP contribution is 2.31. The summed E-state index contributed by atoms with van der Waals surface area (Å²) in [7, 11) is 0.